The van der Waals surface area contributed by atoms with Crippen LogP contribution in [0.4, 0.5) is 5.13 Å². The lowest BCUT2D eigenvalue weighted by Crippen LogP contribution is -2.25. The summed E-state index contributed by atoms with van der Waals surface area (Å²) >= 11 is 7.48. The van der Waals surface area contributed by atoms with Crippen molar-refractivity contribution in [3.05, 3.63) is 45.4 Å². The number of aromatic nitrogens is 1. The Bertz CT molecular complexity index is 674. The van der Waals surface area contributed by atoms with Crippen molar-refractivity contribution in [1.82, 2.24) is 10.3 Å². The van der Waals surface area contributed by atoms with Gasteiger partial charge in [0.25, 0.3) is 0 Å². The van der Waals surface area contributed by atoms with E-state index in [1.807, 2.05) is 24.3 Å². The molecule has 23 heavy (non-hydrogen) atoms. The summed E-state index contributed by atoms with van der Waals surface area (Å²) in [6.45, 7) is 6.67. The average molecular weight is 352 g/mol. The summed E-state index contributed by atoms with van der Waals surface area (Å²) in [5, 5.41) is 7.07. The standard InChI is InChI=1S/C17H22ClN3OS/c1-17(2,3)15-13(9-11-5-7-12(18)8-6-11)23-16(21-15)20-14(22)10-19-4/h5-8,19H,9-10H2,1-4H3,(H,20,21,22). The number of thiazole rings is 1. The molecule has 4 nitrogen and oxygen atoms in total. The summed E-state index contributed by atoms with van der Waals surface area (Å²) in [5.41, 5.74) is 2.12. The summed E-state index contributed by atoms with van der Waals surface area (Å²) in [5.74, 6) is -0.0836. The number of carbonyl (C=O) groups excluding carboxylic acids is 1. The van der Waals surface area contributed by atoms with E-state index >= 15 is 0 Å². The highest BCUT2D eigenvalue weighted by atomic mass is 35.5. The molecule has 0 spiro atoms. The molecule has 1 aromatic heterocycles. The fourth-order valence-electron chi connectivity index (χ4n) is 2.22. The highest BCUT2D eigenvalue weighted by molar-refractivity contribution is 7.15. The molecule has 0 aliphatic heterocycles. The molecule has 0 aliphatic rings. The van der Waals surface area contributed by atoms with Gasteiger partial charge in [-0.25, -0.2) is 4.98 Å². The fourth-order valence-corrected chi connectivity index (χ4v) is 3.57. The fraction of sp³-hybridized carbons (Fsp3) is 0.412. The van der Waals surface area contributed by atoms with E-state index in [-0.39, 0.29) is 17.9 Å². The number of rotatable bonds is 5. The van der Waals surface area contributed by atoms with Crippen molar-refractivity contribution >= 4 is 34.0 Å². The molecular formula is C17H22ClN3OS. The van der Waals surface area contributed by atoms with Gasteiger partial charge in [0, 0.05) is 21.7 Å². The summed E-state index contributed by atoms with van der Waals surface area (Å²) in [6.07, 6.45) is 0.781. The minimum Gasteiger partial charge on any atom is -0.311 e. The Morgan fingerprint density at radius 3 is 2.48 bits per heavy atom. The first-order valence-corrected chi connectivity index (χ1v) is 8.68. The topological polar surface area (TPSA) is 54.0 Å². The lowest BCUT2D eigenvalue weighted by Gasteiger charge is -2.17. The molecule has 1 aromatic carbocycles. The number of halogens is 1. The second kappa shape index (κ2) is 7.43. The Morgan fingerprint density at radius 1 is 1.26 bits per heavy atom. The number of likely N-dealkylation sites (N-methyl/N-ethyl adjacent to an activating group) is 1. The van der Waals surface area contributed by atoms with Crippen molar-refractivity contribution in [3.63, 3.8) is 0 Å². The van der Waals surface area contributed by atoms with Crippen molar-refractivity contribution < 1.29 is 4.79 Å². The molecule has 1 heterocycles. The zero-order chi connectivity index (χ0) is 17.0. The first kappa shape index (κ1) is 17.9. The molecule has 0 aliphatic carbocycles. The van der Waals surface area contributed by atoms with Crippen molar-refractivity contribution in [2.75, 3.05) is 18.9 Å². The summed E-state index contributed by atoms with van der Waals surface area (Å²) < 4.78 is 0. The molecule has 0 saturated heterocycles. The van der Waals surface area contributed by atoms with E-state index in [9.17, 15) is 4.79 Å². The Balaban J connectivity index is 2.27. The Kier molecular flexibility index (Phi) is 5.79. The third-order valence-corrected chi connectivity index (χ3v) is 4.49. The Morgan fingerprint density at radius 2 is 1.91 bits per heavy atom. The third kappa shape index (κ3) is 5.03. The zero-order valence-corrected chi connectivity index (χ0v) is 15.4. The lowest BCUT2D eigenvalue weighted by molar-refractivity contribution is -0.115. The maximum atomic E-state index is 11.8. The number of carbonyl (C=O) groups is 1. The molecule has 0 radical (unpaired) electrons. The Labute approximate surface area is 146 Å². The number of nitrogens with one attached hydrogen (secondary N) is 2. The van der Waals surface area contributed by atoms with Crippen LogP contribution in [0.1, 0.15) is 36.9 Å². The number of hydrogen-bond donors (Lipinski definition) is 2. The molecule has 0 saturated carbocycles. The largest absolute Gasteiger partial charge is 0.311 e. The lowest BCUT2D eigenvalue weighted by atomic mass is 9.90. The maximum Gasteiger partial charge on any atom is 0.240 e. The molecule has 0 fully saturated rings. The van der Waals surface area contributed by atoms with Gasteiger partial charge in [0.15, 0.2) is 5.13 Å². The predicted octanol–water partition coefficient (Wildman–Crippen LogP) is 3.84. The van der Waals surface area contributed by atoms with Crippen LogP contribution in [0.15, 0.2) is 24.3 Å². The molecule has 2 aromatic rings. The zero-order valence-electron chi connectivity index (χ0n) is 13.9. The van der Waals surface area contributed by atoms with Crippen molar-refractivity contribution in [1.29, 1.82) is 0 Å². The van der Waals surface area contributed by atoms with Gasteiger partial charge < -0.3 is 10.6 Å². The first-order valence-electron chi connectivity index (χ1n) is 7.48. The molecule has 1 amide bonds. The smallest absolute Gasteiger partial charge is 0.240 e. The van der Waals surface area contributed by atoms with Crippen LogP contribution < -0.4 is 10.6 Å². The minimum absolute atomic E-state index is 0.0791. The van der Waals surface area contributed by atoms with Gasteiger partial charge in [-0.1, -0.05) is 44.5 Å². The SMILES string of the molecule is CNCC(=O)Nc1nc(C(C)(C)C)c(Cc2ccc(Cl)cc2)s1. The van der Waals surface area contributed by atoms with Gasteiger partial charge in [-0.15, -0.1) is 11.3 Å². The summed E-state index contributed by atoms with van der Waals surface area (Å²) in [7, 11) is 1.74. The Hall–Kier alpha value is -1.43. The van der Waals surface area contributed by atoms with Gasteiger partial charge in [0.2, 0.25) is 5.91 Å². The normalized spacial score (nSPS) is 11.5. The minimum atomic E-state index is -0.0836. The molecule has 0 bridgehead atoms. The van der Waals surface area contributed by atoms with E-state index in [0.717, 1.165) is 17.1 Å². The van der Waals surface area contributed by atoms with E-state index in [4.69, 9.17) is 11.6 Å². The van der Waals surface area contributed by atoms with E-state index in [1.54, 1.807) is 7.05 Å². The molecule has 124 valence electrons. The molecular weight excluding hydrogens is 330 g/mol. The number of hydrogen-bond acceptors (Lipinski definition) is 4. The average Bonchev–Trinajstić information content (AvgIpc) is 2.84. The van der Waals surface area contributed by atoms with E-state index in [0.29, 0.717) is 5.13 Å². The van der Waals surface area contributed by atoms with Crippen LogP contribution in [-0.2, 0) is 16.6 Å². The maximum absolute atomic E-state index is 11.8. The number of amides is 1. The van der Waals surface area contributed by atoms with Gasteiger partial charge in [-0.3, -0.25) is 4.79 Å². The van der Waals surface area contributed by atoms with E-state index < -0.39 is 0 Å². The predicted molar refractivity (Wildman–Crippen MR) is 97.6 cm³/mol. The highest BCUT2D eigenvalue weighted by Crippen LogP contribution is 2.33. The monoisotopic (exact) mass is 351 g/mol. The van der Waals surface area contributed by atoms with Gasteiger partial charge in [-0.05, 0) is 24.7 Å². The summed E-state index contributed by atoms with van der Waals surface area (Å²) in [4.78, 5) is 17.6. The van der Waals surface area contributed by atoms with Crippen LogP contribution in [0.3, 0.4) is 0 Å². The number of anilines is 1. The van der Waals surface area contributed by atoms with Crippen LogP contribution in [0.25, 0.3) is 0 Å². The highest BCUT2D eigenvalue weighted by Gasteiger charge is 2.24. The second-order valence-corrected chi connectivity index (χ2v) is 7.94. The summed E-state index contributed by atoms with van der Waals surface area (Å²) in [6, 6.07) is 7.83. The number of nitrogens with zero attached hydrogens (tertiary/aromatic N) is 1. The van der Waals surface area contributed by atoms with Gasteiger partial charge in [0.05, 0.1) is 12.2 Å². The molecule has 0 unspecified atom stereocenters. The van der Waals surface area contributed by atoms with Gasteiger partial charge in [0.1, 0.15) is 0 Å². The van der Waals surface area contributed by atoms with Crippen molar-refractivity contribution in [3.8, 4) is 0 Å². The van der Waals surface area contributed by atoms with Gasteiger partial charge >= 0.3 is 0 Å². The molecule has 2 N–H and O–H groups in total. The van der Waals surface area contributed by atoms with Gasteiger partial charge in [-0.2, -0.15) is 0 Å². The van der Waals surface area contributed by atoms with E-state index in [2.05, 4.69) is 36.4 Å². The molecule has 6 heteroatoms. The van der Waals surface area contributed by atoms with Crippen LogP contribution in [0.5, 0.6) is 0 Å². The van der Waals surface area contributed by atoms with Crippen LogP contribution in [0.2, 0.25) is 5.02 Å². The van der Waals surface area contributed by atoms with Crippen molar-refractivity contribution in [2.24, 2.45) is 0 Å². The number of benzene rings is 1. The molecule has 0 atom stereocenters. The first-order chi connectivity index (χ1) is 10.8. The van der Waals surface area contributed by atoms with E-state index in [1.165, 1.54) is 21.8 Å². The van der Waals surface area contributed by atoms with Crippen LogP contribution in [0, 0.1) is 0 Å². The van der Waals surface area contributed by atoms with Crippen LogP contribution >= 0.6 is 22.9 Å². The second-order valence-electron chi connectivity index (χ2n) is 6.42. The molecule has 2 rings (SSSR count). The quantitative estimate of drug-likeness (QED) is 0.860. The van der Waals surface area contributed by atoms with Crippen LogP contribution in [-0.4, -0.2) is 24.5 Å². The third-order valence-electron chi connectivity index (χ3n) is 3.27. The van der Waals surface area contributed by atoms with Crippen molar-refractivity contribution in [2.45, 2.75) is 32.6 Å².